The fourth-order valence-corrected chi connectivity index (χ4v) is 2.31. The first-order valence-corrected chi connectivity index (χ1v) is 6.54. The van der Waals surface area contributed by atoms with Gasteiger partial charge in [-0.1, -0.05) is 49.0 Å². The molecule has 0 radical (unpaired) electrons. The Bertz CT molecular complexity index is 120. The van der Waals surface area contributed by atoms with Crippen molar-refractivity contribution in [3.8, 4) is 0 Å². The van der Waals surface area contributed by atoms with Crippen molar-refractivity contribution in [2.24, 2.45) is 0 Å². The highest BCUT2D eigenvalue weighted by Crippen LogP contribution is 2.19. The highest BCUT2D eigenvalue weighted by molar-refractivity contribution is 9.09. The Balaban J connectivity index is 3.61. The molecule has 1 N–H and O–H groups in total. The molecule has 0 saturated carbocycles. The molecular weight excluding hydrogens is 244 g/mol. The predicted molar refractivity (Wildman–Crippen MR) is 64.0 cm³/mol. The van der Waals surface area contributed by atoms with E-state index in [4.69, 9.17) is 9.84 Å². The Morgan fingerprint density at radius 1 is 1.29 bits per heavy atom. The normalized spacial score (nSPS) is 15.4. The van der Waals surface area contributed by atoms with Gasteiger partial charge in [0.1, 0.15) is 0 Å². The summed E-state index contributed by atoms with van der Waals surface area (Å²) in [6.07, 6.45) is 6.22. The van der Waals surface area contributed by atoms with Crippen molar-refractivity contribution < 1.29 is 9.84 Å². The third-order valence-corrected chi connectivity index (χ3v) is 3.36. The summed E-state index contributed by atoms with van der Waals surface area (Å²) in [5.74, 6) is 0. The number of unbranched alkanes of at least 4 members (excludes halogenated alkanes) is 2. The van der Waals surface area contributed by atoms with Crippen LogP contribution >= 0.6 is 15.9 Å². The standard InChI is InChI=1S/C11H23BrO2/c1-3-5-6-7-10(12)11(4-2)14-9-8-13/h10-11,13H,3-9H2,1-2H3. The molecule has 0 aromatic heterocycles. The van der Waals surface area contributed by atoms with Crippen molar-refractivity contribution in [3.63, 3.8) is 0 Å². The zero-order valence-corrected chi connectivity index (χ0v) is 10.9. The van der Waals surface area contributed by atoms with Crippen LogP contribution in [0.5, 0.6) is 0 Å². The first-order valence-electron chi connectivity index (χ1n) is 5.62. The first kappa shape index (κ1) is 14.4. The van der Waals surface area contributed by atoms with Gasteiger partial charge in [-0.2, -0.15) is 0 Å². The van der Waals surface area contributed by atoms with Crippen molar-refractivity contribution in [3.05, 3.63) is 0 Å². The van der Waals surface area contributed by atoms with E-state index in [2.05, 4.69) is 29.8 Å². The summed E-state index contributed by atoms with van der Waals surface area (Å²) in [6.45, 7) is 4.90. The van der Waals surface area contributed by atoms with Crippen molar-refractivity contribution in [1.29, 1.82) is 0 Å². The molecule has 0 aliphatic rings. The monoisotopic (exact) mass is 266 g/mol. The van der Waals surface area contributed by atoms with Gasteiger partial charge in [-0.05, 0) is 12.8 Å². The van der Waals surface area contributed by atoms with Gasteiger partial charge in [-0.15, -0.1) is 0 Å². The van der Waals surface area contributed by atoms with Crippen LogP contribution in [0.1, 0.15) is 46.0 Å². The highest BCUT2D eigenvalue weighted by Gasteiger charge is 2.16. The number of halogens is 1. The van der Waals surface area contributed by atoms with E-state index >= 15 is 0 Å². The molecular formula is C11H23BrO2. The minimum Gasteiger partial charge on any atom is -0.394 e. The fourth-order valence-electron chi connectivity index (χ4n) is 1.46. The van der Waals surface area contributed by atoms with Gasteiger partial charge in [0.15, 0.2) is 0 Å². The van der Waals surface area contributed by atoms with Crippen LogP contribution in [0.2, 0.25) is 0 Å². The lowest BCUT2D eigenvalue weighted by Gasteiger charge is -2.21. The van der Waals surface area contributed by atoms with Crippen molar-refractivity contribution in [2.45, 2.75) is 56.9 Å². The van der Waals surface area contributed by atoms with E-state index in [-0.39, 0.29) is 12.7 Å². The van der Waals surface area contributed by atoms with Gasteiger partial charge in [0.05, 0.1) is 19.3 Å². The summed E-state index contributed by atoms with van der Waals surface area (Å²) in [7, 11) is 0. The summed E-state index contributed by atoms with van der Waals surface area (Å²) in [5.41, 5.74) is 0. The van der Waals surface area contributed by atoms with Crippen LogP contribution in [-0.4, -0.2) is 29.3 Å². The van der Waals surface area contributed by atoms with Crippen LogP contribution in [0.15, 0.2) is 0 Å². The van der Waals surface area contributed by atoms with Crippen LogP contribution in [-0.2, 0) is 4.74 Å². The lowest BCUT2D eigenvalue weighted by atomic mass is 10.1. The zero-order valence-electron chi connectivity index (χ0n) is 9.34. The fraction of sp³-hybridized carbons (Fsp3) is 1.00. The number of ether oxygens (including phenoxy) is 1. The van der Waals surface area contributed by atoms with Gasteiger partial charge in [0.2, 0.25) is 0 Å². The summed E-state index contributed by atoms with van der Waals surface area (Å²) in [6, 6.07) is 0. The molecule has 3 heteroatoms. The molecule has 0 aromatic rings. The Labute approximate surface area is 96.2 Å². The molecule has 0 amide bonds. The van der Waals surface area contributed by atoms with Gasteiger partial charge in [0, 0.05) is 4.83 Å². The average molecular weight is 267 g/mol. The molecule has 0 aromatic carbocycles. The van der Waals surface area contributed by atoms with Crippen LogP contribution in [0.4, 0.5) is 0 Å². The van der Waals surface area contributed by atoms with E-state index in [0.717, 1.165) is 12.8 Å². The van der Waals surface area contributed by atoms with Crippen LogP contribution in [0.25, 0.3) is 0 Å². The summed E-state index contributed by atoms with van der Waals surface area (Å²) >= 11 is 3.66. The van der Waals surface area contributed by atoms with Gasteiger partial charge in [-0.25, -0.2) is 0 Å². The van der Waals surface area contributed by atoms with Gasteiger partial charge in [0.25, 0.3) is 0 Å². The second-order valence-corrected chi connectivity index (χ2v) is 4.73. The molecule has 0 heterocycles. The number of aliphatic hydroxyl groups excluding tert-OH is 1. The lowest BCUT2D eigenvalue weighted by molar-refractivity contribution is 0.0253. The number of alkyl halides is 1. The SMILES string of the molecule is CCCCCC(Br)C(CC)OCCO. The smallest absolute Gasteiger partial charge is 0.0702 e. The Hall–Kier alpha value is 0.400. The lowest BCUT2D eigenvalue weighted by Crippen LogP contribution is -2.25. The number of hydrogen-bond donors (Lipinski definition) is 1. The van der Waals surface area contributed by atoms with Crippen LogP contribution < -0.4 is 0 Å². The molecule has 2 nitrogen and oxygen atoms in total. The van der Waals surface area contributed by atoms with Crippen LogP contribution in [0, 0.1) is 0 Å². The molecule has 86 valence electrons. The van der Waals surface area contributed by atoms with Crippen molar-refractivity contribution >= 4 is 15.9 Å². The third kappa shape index (κ3) is 6.80. The largest absolute Gasteiger partial charge is 0.394 e. The molecule has 0 spiro atoms. The number of aliphatic hydroxyl groups is 1. The quantitative estimate of drug-likeness (QED) is 0.513. The molecule has 0 rings (SSSR count). The Kier molecular flexibility index (Phi) is 10.2. The van der Waals surface area contributed by atoms with Crippen LogP contribution in [0.3, 0.4) is 0 Å². The minimum atomic E-state index is 0.116. The maximum absolute atomic E-state index is 8.67. The third-order valence-electron chi connectivity index (χ3n) is 2.31. The van der Waals surface area contributed by atoms with Crippen molar-refractivity contribution in [2.75, 3.05) is 13.2 Å². The maximum atomic E-state index is 8.67. The van der Waals surface area contributed by atoms with E-state index in [0.29, 0.717) is 11.4 Å². The molecule has 14 heavy (non-hydrogen) atoms. The second kappa shape index (κ2) is 9.94. The van der Waals surface area contributed by atoms with Gasteiger partial charge >= 0.3 is 0 Å². The molecule has 0 aliphatic carbocycles. The predicted octanol–water partition coefficient (Wildman–Crippen LogP) is 3.12. The van der Waals surface area contributed by atoms with Crippen molar-refractivity contribution in [1.82, 2.24) is 0 Å². The topological polar surface area (TPSA) is 29.5 Å². The summed E-state index contributed by atoms with van der Waals surface area (Å²) in [4.78, 5) is 0.436. The number of rotatable bonds is 9. The average Bonchev–Trinajstić information content (AvgIpc) is 2.19. The molecule has 0 aliphatic heterocycles. The highest BCUT2D eigenvalue weighted by atomic mass is 79.9. The van der Waals surface area contributed by atoms with E-state index in [9.17, 15) is 0 Å². The number of hydrogen-bond acceptors (Lipinski definition) is 2. The first-order chi connectivity index (χ1) is 6.76. The molecule has 0 fully saturated rings. The minimum absolute atomic E-state index is 0.116. The summed E-state index contributed by atoms with van der Waals surface area (Å²) in [5, 5.41) is 8.67. The van der Waals surface area contributed by atoms with Gasteiger partial charge in [-0.3, -0.25) is 0 Å². The molecule has 2 unspecified atom stereocenters. The van der Waals surface area contributed by atoms with E-state index < -0.39 is 0 Å². The van der Waals surface area contributed by atoms with E-state index in [1.165, 1.54) is 19.3 Å². The zero-order chi connectivity index (χ0) is 10.8. The second-order valence-electron chi connectivity index (χ2n) is 3.55. The van der Waals surface area contributed by atoms with E-state index in [1.807, 2.05) is 0 Å². The molecule has 0 saturated heterocycles. The maximum Gasteiger partial charge on any atom is 0.0702 e. The molecule has 0 bridgehead atoms. The van der Waals surface area contributed by atoms with E-state index in [1.54, 1.807) is 0 Å². The molecule has 2 atom stereocenters. The van der Waals surface area contributed by atoms with Gasteiger partial charge < -0.3 is 9.84 Å². The summed E-state index contributed by atoms with van der Waals surface area (Å²) < 4.78 is 5.54. The Morgan fingerprint density at radius 2 is 2.00 bits per heavy atom. The Morgan fingerprint density at radius 3 is 2.50 bits per heavy atom.